The molecule has 28 heavy (non-hydrogen) atoms. The van der Waals surface area contributed by atoms with E-state index in [4.69, 9.17) is 4.98 Å². The Morgan fingerprint density at radius 2 is 2.07 bits per heavy atom. The number of likely N-dealkylation sites (tertiary alicyclic amines) is 1. The molecule has 0 amide bonds. The highest BCUT2D eigenvalue weighted by Crippen LogP contribution is 2.44. The summed E-state index contributed by atoms with van der Waals surface area (Å²) in [5.41, 5.74) is 5.59. The number of fused-ring (bicyclic) bond motifs is 3. The molecule has 1 aliphatic carbocycles. The summed E-state index contributed by atoms with van der Waals surface area (Å²) in [6, 6.07) is 9.11. The third-order valence-electron chi connectivity index (χ3n) is 6.64. The van der Waals surface area contributed by atoms with Crippen molar-refractivity contribution in [1.82, 2.24) is 19.4 Å². The van der Waals surface area contributed by atoms with Crippen molar-refractivity contribution < 1.29 is 0 Å². The lowest BCUT2D eigenvalue weighted by Crippen LogP contribution is -2.45. The van der Waals surface area contributed by atoms with E-state index >= 15 is 0 Å². The van der Waals surface area contributed by atoms with Crippen molar-refractivity contribution in [2.75, 3.05) is 32.1 Å². The molecule has 5 nitrogen and oxygen atoms in total. The smallest absolute Gasteiger partial charge is 0.225 e. The van der Waals surface area contributed by atoms with Crippen LogP contribution in [0.15, 0.2) is 36.7 Å². The molecular formula is C23H29N5. The van der Waals surface area contributed by atoms with Crippen LogP contribution in [0.25, 0.3) is 10.9 Å². The number of nitrogens with zero attached hydrogens (tertiary/aromatic N) is 5. The molecule has 1 unspecified atom stereocenters. The molecule has 5 heteroatoms. The van der Waals surface area contributed by atoms with Gasteiger partial charge in [0.25, 0.3) is 0 Å². The van der Waals surface area contributed by atoms with Gasteiger partial charge in [-0.05, 0) is 66.9 Å². The predicted molar refractivity (Wildman–Crippen MR) is 114 cm³/mol. The average Bonchev–Trinajstić information content (AvgIpc) is 3.23. The van der Waals surface area contributed by atoms with Gasteiger partial charge in [0.1, 0.15) is 0 Å². The number of anilines is 1. The van der Waals surface area contributed by atoms with E-state index in [1.165, 1.54) is 53.5 Å². The van der Waals surface area contributed by atoms with Crippen molar-refractivity contribution in [3.63, 3.8) is 0 Å². The number of hydrogen-bond acceptors (Lipinski definition) is 4. The molecule has 2 aromatic heterocycles. The average molecular weight is 376 g/mol. The second-order valence-electron chi connectivity index (χ2n) is 8.85. The second-order valence-corrected chi connectivity index (χ2v) is 8.85. The molecule has 0 saturated carbocycles. The number of rotatable bonds is 3. The monoisotopic (exact) mass is 375 g/mol. The summed E-state index contributed by atoms with van der Waals surface area (Å²) < 4.78 is 2.19. The third kappa shape index (κ3) is 2.89. The molecule has 0 N–H and O–H groups in total. The van der Waals surface area contributed by atoms with Gasteiger partial charge in [-0.1, -0.05) is 6.07 Å². The molecule has 1 atom stereocenters. The van der Waals surface area contributed by atoms with Crippen LogP contribution < -0.4 is 4.90 Å². The van der Waals surface area contributed by atoms with Gasteiger partial charge in [-0.3, -0.25) is 4.90 Å². The Morgan fingerprint density at radius 3 is 2.93 bits per heavy atom. The molecule has 1 aromatic carbocycles. The molecule has 5 rings (SSSR count). The number of piperidine rings is 1. The molecule has 1 aliphatic heterocycles. The summed E-state index contributed by atoms with van der Waals surface area (Å²) in [4.78, 5) is 14.2. The molecule has 2 aliphatic rings. The fourth-order valence-corrected chi connectivity index (χ4v) is 5.19. The maximum Gasteiger partial charge on any atom is 0.225 e. The van der Waals surface area contributed by atoms with Crippen molar-refractivity contribution in [1.29, 1.82) is 0 Å². The van der Waals surface area contributed by atoms with Crippen molar-refractivity contribution in [2.24, 2.45) is 7.05 Å². The van der Waals surface area contributed by atoms with Crippen LogP contribution in [0.1, 0.15) is 36.1 Å². The van der Waals surface area contributed by atoms with Gasteiger partial charge in [0.05, 0.1) is 5.69 Å². The van der Waals surface area contributed by atoms with Crippen LogP contribution >= 0.6 is 0 Å². The minimum atomic E-state index is 0.206. The van der Waals surface area contributed by atoms with Crippen LogP contribution in [0.5, 0.6) is 0 Å². The standard InChI is InChI=1S/C23H29N5/c1-26(2)22-24-14-19-7-10-23(21(19)25-22)9-4-11-28(16-23)15-17-5-6-20-18(13-17)8-12-27(20)3/h5-6,8,12-14H,4,7,9-11,15-16H2,1-3H3. The summed E-state index contributed by atoms with van der Waals surface area (Å²) in [7, 11) is 6.16. The highest BCUT2D eigenvalue weighted by Gasteiger charge is 2.43. The zero-order chi connectivity index (χ0) is 19.3. The number of benzene rings is 1. The van der Waals surface area contributed by atoms with Gasteiger partial charge in [-0.2, -0.15) is 0 Å². The van der Waals surface area contributed by atoms with Crippen LogP contribution in [0, 0.1) is 0 Å². The Morgan fingerprint density at radius 1 is 1.18 bits per heavy atom. The SMILES string of the molecule is CN(C)c1ncc2c(n1)C1(CCCN(Cc3ccc4c(ccn4C)c3)C1)CC2. The molecular weight excluding hydrogens is 346 g/mol. The van der Waals surface area contributed by atoms with E-state index in [2.05, 4.69) is 58.2 Å². The van der Waals surface area contributed by atoms with Crippen molar-refractivity contribution in [3.05, 3.63) is 53.5 Å². The quantitative estimate of drug-likeness (QED) is 0.702. The molecule has 0 bridgehead atoms. The normalized spacial score (nSPS) is 22.1. The van der Waals surface area contributed by atoms with E-state index in [9.17, 15) is 0 Å². The summed E-state index contributed by atoms with van der Waals surface area (Å²) in [5, 5.41) is 1.33. The lowest BCUT2D eigenvalue weighted by molar-refractivity contribution is 0.137. The number of aryl methyl sites for hydroxylation is 2. The summed E-state index contributed by atoms with van der Waals surface area (Å²) >= 11 is 0. The Bertz CT molecular complexity index is 1020. The number of aromatic nitrogens is 3. The van der Waals surface area contributed by atoms with Crippen LogP contribution in [0.4, 0.5) is 5.95 Å². The van der Waals surface area contributed by atoms with Crippen LogP contribution in [0.2, 0.25) is 0 Å². The lowest BCUT2D eigenvalue weighted by atomic mass is 9.77. The Hall–Kier alpha value is -2.40. The van der Waals surface area contributed by atoms with Crippen LogP contribution in [-0.2, 0) is 25.4 Å². The largest absolute Gasteiger partial charge is 0.351 e. The minimum Gasteiger partial charge on any atom is -0.351 e. The maximum absolute atomic E-state index is 5.00. The Balaban J connectivity index is 1.40. The first-order chi connectivity index (χ1) is 13.5. The topological polar surface area (TPSA) is 37.2 Å². The van der Waals surface area contributed by atoms with E-state index < -0.39 is 0 Å². The van der Waals surface area contributed by atoms with Gasteiger partial charge >= 0.3 is 0 Å². The fraction of sp³-hybridized carbons (Fsp3) is 0.478. The maximum atomic E-state index is 5.00. The fourth-order valence-electron chi connectivity index (χ4n) is 5.19. The molecule has 1 spiro atoms. The van der Waals surface area contributed by atoms with Gasteiger partial charge in [0.15, 0.2) is 0 Å². The zero-order valence-corrected chi connectivity index (χ0v) is 17.1. The first kappa shape index (κ1) is 17.7. The van der Waals surface area contributed by atoms with E-state index in [1.807, 2.05) is 19.0 Å². The molecule has 3 heterocycles. The first-order valence-corrected chi connectivity index (χ1v) is 10.3. The van der Waals surface area contributed by atoms with Crippen molar-refractivity contribution in [2.45, 2.75) is 37.6 Å². The van der Waals surface area contributed by atoms with Crippen molar-refractivity contribution in [3.8, 4) is 0 Å². The van der Waals surface area contributed by atoms with Crippen LogP contribution in [0.3, 0.4) is 0 Å². The summed E-state index contributed by atoms with van der Waals surface area (Å²) in [6.45, 7) is 3.31. The molecule has 3 aromatic rings. The van der Waals surface area contributed by atoms with Gasteiger partial charge in [0, 0.05) is 57.6 Å². The Labute approximate surface area is 167 Å². The minimum absolute atomic E-state index is 0.206. The molecule has 146 valence electrons. The third-order valence-corrected chi connectivity index (χ3v) is 6.64. The van der Waals surface area contributed by atoms with Gasteiger partial charge in [-0.15, -0.1) is 0 Å². The zero-order valence-electron chi connectivity index (χ0n) is 17.1. The van der Waals surface area contributed by atoms with Gasteiger partial charge < -0.3 is 9.47 Å². The molecule has 1 fully saturated rings. The van der Waals surface area contributed by atoms with Gasteiger partial charge in [0.2, 0.25) is 5.95 Å². The van der Waals surface area contributed by atoms with Crippen LogP contribution in [-0.4, -0.2) is 46.6 Å². The summed E-state index contributed by atoms with van der Waals surface area (Å²) in [6.07, 6.45) is 9.03. The molecule has 1 saturated heterocycles. The molecule has 0 radical (unpaired) electrons. The Kier molecular flexibility index (Phi) is 4.16. The first-order valence-electron chi connectivity index (χ1n) is 10.3. The highest BCUT2D eigenvalue weighted by molar-refractivity contribution is 5.80. The van der Waals surface area contributed by atoms with Crippen molar-refractivity contribution >= 4 is 16.9 Å². The van der Waals surface area contributed by atoms with E-state index in [0.717, 1.165) is 25.5 Å². The second kappa shape index (κ2) is 6.59. The van der Waals surface area contributed by atoms with E-state index in [1.54, 1.807) is 0 Å². The number of hydrogen-bond donors (Lipinski definition) is 0. The predicted octanol–water partition coefficient (Wildman–Crippen LogP) is 3.51. The van der Waals surface area contributed by atoms with Gasteiger partial charge in [-0.25, -0.2) is 9.97 Å². The summed E-state index contributed by atoms with van der Waals surface area (Å²) in [5.74, 6) is 0.840. The van der Waals surface area contributed by atoms with E-state index in [0.29, 0.717) is 0 Å². The highest BCUT2D eigenvalue weighted by atomic mass is 15.2. The van der Waals surface area contributed by atoms with E-state index in [-0.39, 0.29) is 5.41 Å². The lowest BCUT2D eigenvalue weighted by Gasteiger charge is -2.40.